The van der Waals surface area contributed by atoms with E-state index in [1.54, 1.807) is 0 Å². The summed E-state index contributed by atoms with van der Waals surface area (Å²) in [5, 5.41) is 0. The molecule has 3 aromatic rings. The zero-order chi connectivity index (χ0) is 17.5. The van der Waals surface area contributed by atoms with Gasteiger partial charge in [-0.25, -0.2) is 4.98 Å². The fourth-order valence-corrected chi connectivity index (χ4v) is 5.04. The van der Waals surface area contributed by atoms with Crippen LogP contribution in [0.1, 0.15) is 31.4 Å². The molecule has 0 saturated carbocycles. The Morgan fingerprint density at radius 2 is 2.19 bits per heavy atom. The van der Waals surface area contributed by atoms with Crippen LogP contribution in [0.4, 0.5) is 11.4 Å². The first kappa shape index (κ1) is 15.8. The van der Waals surface area contributed by atoms with Crippen LogP contribution in [0, 0.1) is 0 Å². The number of anilines is 2. The van der Waals surface area contributed by atoms with Crippen molar-refractivity contribution < 1.29 is 4.74 Å². The van der Waals surface area contributed by atoms with Crippen molar-refractivity contribution in [2.45, 2.75) is 35.6 Å². The van der Waals surface area contributed by atoms with E-state index >= 15 is 0 Å². The van der Waals surface area contributed by atoms with Gasteiger partial charge < -0.3 is 14.2 Å². The number of imidazole rings is 1. The first-order valence-electron chi connectivity index (χ1n) is 9.17. The molecule has 2 aromatic carbocycles. The lowest BCUT2D eigenvalue weighted by Crippen LogP contribution is -2.31. The molecule has 3 heterocycles. The minimum absolute atomic E-state index is 0.352. The lowest BCUT2D eigenvalue weighted by atomic mass is 9.95. The number of rotatable bonds is 4. The zero-order valence-corrected chi connectivity index (χ0v) is 15.6. The Hall–Kier alpha value is -2.40. The summed E-state index contributed by atoms with van der Waals surface area (Å²) in [7, 11) is 0. The molecule has 5 rings (SSSR count). The highest BCUT2D eigenvalue weighted by molar-refractivity contribution is 7.99. The molecule has 132 valence electrons. The summed E-state index contributed by atoms with van der Waals surface area (Å²) in [5.41, 5.74) is 4.00. The fraction of sp³-hybridized carbons (Fsp3) is 0.286. The minimum atomic E-state index is 0.352. The lowest BCUT2D eigenvalue weighted by Gasteiger charge is -2.40. The molecule has 0 N–H and O–H groups in total. The van der Waals surface area contributed by atoms with Crippen LogP contribution in [-0.4, -0.2) is 22.7 Å². The molecule has 1 atom stereocenters. The Labute approximate surface area is 157 Å². The zero-order valence-electron chi connectivity index (χ0n) is 14.8. The Kier molecular flexibility index (Phi) is 3.89. The summed E-state index contributed by atoms with van der Waals surface area (Å²) in [6.45, 7) is 3.89. The van der Waals surface area contributed by atoms with Gasteiger partial charge in [-0.1, -0.05) is 30.8 Å². The Bertz CT molecular complexity index is 938. The van der Waals surface area contributed by atoms with Gasteiger partial charge in [0.05, 0.1) is 30.4 Å². The largest absolute Gasteiger partial charge is 0.494 e. The predicted molar refractivity (Wildman–Crippen MR) is 105 cm³/mol. The van der Waals surface area contributed by atoms with Gasteiger partial charge in [-0.05, 0) is 36.6 Å². The van der Waals surface area contributed by atoms with E-state index in [1.165, 1.54) is 26.7 Å². The summed E-state index contributed by atoms with van der Waals surface area (Å²) in [6, 6.07) is 13.5. The third kappa shape index (κ3) is 2.50. The van der Waals surface area contributed by atoms with Gasteiger partial charge in [0.2, 0.25) is 0 Å². The van der Waals surface area contributed by atoms with Crippen LogP contribution >= 0.6 is 11.8 Å². The number of ether oxygens (including phenoxy) is 1. The molecule has 2 aliphatic heterocycles. The van der Waals surface area contributed by atoms with Crippen LogP contribution in [0.15, 0.2) is 64.9 Å². The topological polar surface area (TPSA) is 30.3 Å². The van der Waals surface area contributed by atoms with Gasteiger partial charge in [0.15, 0.2) is 0 Å². The second-order valence-electron chi connectivity index (χ2n) is 6.74. The summed E-state index contributed by atoms with van der Waals surface area (Å²) in [6.07, 6.45) is 7.95. The SMILES string of the molecule is CCCOc1ccc2c(c1)N1CCC(n3ccnc3)c3cccc(c31)S2. The number of benzene rings is 2. The van der Waals surface area contributed by atoms with Crippen molar-refractivity contribution in [3.05, 3.63) is 60.7 Å². The van der Waals surface area contributed by atoms with Gasteiger partial charge in [0.25, 0.3) is 0 Å². The van der Waals surface area contributed by atoms with Crippen molar-refractivity contribution >= 4 is 23.1 Å². The van der Waals surface area contributed by atoms with E-state index in [0.29, 0.717) is 6.04 Å². The Morgan fingerprint density at radius 1 is 1.23 bits per heavy atom. The van der Waals surface area contributed by atoms with Crippen molar-refractivity contribution in [2.24, 2.45) is 0 Å². The number of hydrogen-bond donors (Lipinski definition) is 0. The van der Waals surface area contributed by atoms with Crippen LogP contribution in [0.5, 0.6) is 5.75 Å². The van der Waals surface area contributed by atoms with Crippen LogP contribution in [0.25, 0.3) is 0 Å². The Morgan fingerprint density at radius 3 is 3.04 bits per heavy atom. The van der Waals surface area contributed by atoms with E-state index in [2.05, 4.69) is 64.0 Å². The highest BCUT2D eigenvalue weighted by Gasteiger charge is 2.33. The van der Waals surface area contributed by atoms with Gasteiger partial charge in [0, 0.05) is 34.8 Å². The summed E-state index contributed by atoms with van der Waals surface area (Å²) >= 11 is 1.86. The number of nitrogens with zero attached hydrogens (tertiary/aromatic N) is 3. The maximum absolute atomic E-state index is 5.88. The molecule has 5 heteroatoms. The molecular formula is C21H21N3OS. The molecule has 4 nitrogen and oxygen atoms in total. The van der Waals surface area contributed by atoms with Crippen molar-refractivity contribution in [1.29, 1.82) is 0 Å². The summed E-state index contributed by atoms with van der Waals surface area (Å²) in [4.78, 5) is 9.36. The van der Waals surface area contributed by atoms with E-state index in [4.69, 9.17) is 4.74 Å². The first-order valence-corrected chi connectivity index (χ1v) is 9.99. The second kappa shape index (κ2) is 6.40. The average molecular weight is 363 g/mol. The van der Waals surface area contributed by atoms with E-state index in [1.807, 2.05) is 24.3 Å². The predicted octanol–water partition coefficient (Wildman–Crippen LogP) is 5.27. The molecule has 0 aliphatic carbocycles. The van der Waals surface area contributed by atoms with Gasteiger partial charge in [0.1, 0.15) is 5.75 Å². The standard InChI is InChI=1S/C21H21N3OS/c1-2-12-25-15-6-7-19-18(13-15)24-10-8-17(23-11-9-22-14-23)16-4-3-5-20(26-19)21(16)24/h3-7,9,11,13-14,17H,2,8,10,12H2,1H3. The number of fused-ring (bicyclic) bond motifs is 2. The van der Waals surface area contributed by atoms with Crippen LogP contribution in [0.2, 0.25) is 0 Å². The quantitative estimate of drug-likeness (QED) is 0.632. The number of hydrogen-bond acceptors (Lipinski definition) is 4. The molecule has 1 unspecified atom stereocenters. The third-order valence-corrected chi connectivity index (χ3v) is 6.20. The molecule has 1 aromatic heterocycles. The molecule has 0 saturated heterocycles. The normalized spacial score (nSPS) is 17.6. The van der Waals surface area contributed by atoms with Crippen molar-refractivity contribution in [3.63, 3.8) is 0 Å². The maximum Gasteiger partial charge on any atom is 0.121 e. The molecule has 0 bridgehead atoms. The van der Waals surface area contributed by atoms with Crippen molar-refractivity contribution in [3.8, 4) is 5.75 Å². The van der Waals surface area contributed by atoms with Crippen molar-refractivity contribution in [1.82, 2.24) is 9.55 Å². The van der Waals surface area contributed by atoms with E-state index in [0.717, 1.165) is 31.7 Å². The minimum Gasteiger partial charge on any atom is -0.494 e. The van der Waals surface area contributed by atoms with Gasteiger partial charge in [-0.3, -0.25) is 0 Å². The van der Waals surface area contributed by atoms with E-state index < -0.39 is 0 Å². The van der Waals surface area contributed by atoms with E-state index in [-0.39, 0.29) is 0 Å². The maximum atomic E-state index is 5.88. The summed E-state index contributed by atoms with van der Waals surface area (Å²) in [5.74, 6) is 0.962. The molecule has 2 aliphatic rings. The second-order valence-corrected chi connectivity index (χ2v) is 7.82. The van der Waals surface area contributed by atoms with Crippen LogP contribution in [-0.2, 0) is 0 Å². The molecule has 0 amide bonds. The lowest BCUT2D eigenvalue weighted by molar-refractivity contribution is 0.317. The molecule has 26 heavy (non-hydrogen) atoms. The fourth-order valence-electron chi connectivity index (χ4n) is 3.93. The molecule has 0 fully saturated rings. The smallest absolute Gasteiger partial charge is 0.121 e. The van der Waals surface area contributed by atoms with Gasteiger partial charge >= 0.3 is 0 Å². The highest BCUT2D eigenvalue weighted by Crippen LogP contribution is 2.54. The molecule has 0 radical (unpaired) electrons. The monoisotopic (exact) mass is 363 g/mol. The van der Waals surface area contributed by atoms with Gasteiger partial charge in [-0.2, -0.15) is 0 Å². The van der Waals surface area contributed by atoms with Crippen molar-refractivity contribution in [2.75, 3.05) is 18.1 Å². The van der Waals surface area contributed by atoms with Crippen LogP contribution < -0.4 is 9.64 Å². The highest BCUT2D eigenvalue weighted by atomic mass is 32.2. The average Bonchev–Trinajstić information content (AvgIpc) is 3.21. The molecule has 0 spiro atoms. The summed E-state index contributed by atoms with van der Waals surface area (Å²) < 4.78 is 8.11. The number of para-hydroxylation sites is 1. The molecular weight excluding hydrogens is 342 g/mol. The van der Waals surface area contributed by atoms with Crippen LogP contribution in [0.3, 0.4) is 0 Å². The Balaban J connectivity index is 1.59. The first-order chi connectivity index (χ1) is 12.8. The van der Waals surface area contributed by atoms with E-state index in [9.17, 15) is 0 Å². The number of aromatic nitrogens is 2. The van der Waals surface area contributed by atoms with Gasteiger partial charge in [-0.15, -0.1) is 0 Å². The third-order valence-electron chi connectivity index (χ3n) is 5.08.